The topological polar surface area (TPSA) is 18.5 Å². The minimum Gasteiger partial charge on any atom is -0.494 e. The molecule has 1 aromatic carbocycles. The molecular formula is C30H62O2Si4. The van der Waals surface area contributed by atoms with E-state index in [1.807, 2.05) is 0 Å². The molecule has 0 atom stereocenters. The Balaban J connectivity index is 3.34. The molecule has 0 N–H and O–H groups in total. The Kier molecular flexibility index (Phi) is 17.7. The predicted octanol–water partition coefficient (Wildman–Crippen LogP) is 5.94. The Hall–Kier alpha value is -0.312. The first-order valence-electron chi connectivity index (χ1n) is 15.7. The lowest BCUT2D eigenvalue weighted by Crippen LogP contribution is -2.57. The van der Waals surface area contributed by atoms with Gasteiger partial charge in [-0.2, -0.15) is 0 Å². The van der Waals surface area contributed by atoms with Crippen LogP contribution < -0.4 is 30.2 Å². The van der Waals surface area contributed by atoms with Crippen LogP contribution in [-0.4, -0.2) is 48.4 Å². The number of ether oxygens (including phenoxy) is 2. The Morgan fingerprint density at radius 3 is 0.889 bits per heavy atom. The molecule has 0 amide bonds. The summed E-state index contributed by atoms with van der Waals surface area (Å²) < 4.78 is 13.7. The standard InChI is InChI=1S/C30H62O2Si4/c1-11-13-15-17-19-21-23-31-25-27(33(3)4)29(35(7)8)26(30(36(9)10)28(25)34(5)6)32-24-22-20-18-16-14-12-2/h33-36H,11-24H2,1-10H3. The van der Waals surface area contributed by atoms with Gasteiger partial charge in [0.25, 0.3) is 0 Å². The molecular weight excluding hydrogens is 505 g/mol. The molecule has 0 saturated heterocycles. The molecule has 0 spiro atoms. The molecule has 0 radical (unpaired) electrons. The summed E-state index contributed by atoms with van der Waals surface area (Å²) in [5, 5.41) is 6.59. The summed E-state index contributed by atoms with van der Waals surface area (Å²) in [4.78, 5) is 0. The van der Waals surface area contributed by atoms with E-state index in [0.717, 1.165) is 13.2 Å². The molecule has 0 fully saturated rings. The van der Waals surface area contributed by atoms with Gasteiger partial charge in [0.05, 0.1) is 48.4 Å². The second kappa shape index (κ2) is 18.9. The number of hydrogen-bond acceptors (Lipinski definition) is 2. The molecule has 6 heteroatoms. The first-order chi connectivity index (χ1) is 17.2. The van der Waals surface area contributed by atoms with Gasteiger partial charge in [-0.25, -0.2) is 0 Å². The largest absolute Gasteiger partial charge is 0.494 e. The summed E-state index contributed by atoms with van der Waals surface area (Å²) >= 11 is 0. The SMILES string of the molecule is CCCCCCCCOc1c([SiH](C)C)c([SiH](C)C)c(OCCCCCCCC)c([SiH](C)C)c1[SiH](C)C. The summed E-state index contributed by atoms with van der Waals surface area (Å²) in [7, 11) is -4.32. The van der Waals surface area contributed by atoms with E-state index in [1.54, 1.807) is 20.7 Å². The van der Waals surface area contributed by atoms with Crippen molar-refractivity contribution in [2.75, 3.05) is 13.2 Å². The fraction of sp³-hybridized carbons (Fsp3) is 0.800. The second-order valence-electron chi connectivity index (χ2n) is 12.2. The fourth-order valence-electron chi connectivity index (χ4n) is 5.50. The summed E-state index contributed by atoms with van der Waals surface area (Å²) in [5.41, 5.74) is 0. The van der Waals surface area contributed by atoms with Gasteiger partial charge in [-0.05, 0) is 33.6 Å². The lowest BCUT2D eigenvalue weighted by Gasteiger charge is -2.31. The van der Waals surface area contributed by atoms with E-state index in [9.17, 15) is 0 Å². The summed E-state index contributed by atoms with van der Waals surface area (Å²) in [5.74, 6) is 2.73. The Morgan fingerprint density at radius 1 is 0.389 bits per heavy atom. The van der Waals surface area contributed by atoms with E-state index in [2.05, 4.69) is 66.2 Å². The van der Waals surface area contributed by atoms with Gasteiger partial charge in [-0.15, -0.1) is 0 Å². The monoisotopic (exact) mass is 566 g/mol. The minimum atomic E-state index is -1.08. The lowest BCUT2D eigenvalue weighted by atomic mass is 10.1. The smallest absolute Gasteiger partial charge is 0.117 e. The van der Waals surface area contributed by atoms with Crippen LogP contribution in [0, 0.1) is 0 Å². The first-order valence-corrected chi connectivity index (χ1v) is 27.2. The minimum absolute atomic E-state index is 0.893. The number of rotatable bonds is 20. The highest BCUT2D eigenvalue weighted by Gasteiger charge is 2.31. The van der Waals surface area contributed by atoms with Crippen molar-refractivity contribution in [1.29, 1.82) is 0 Å². The van der Waals surface area contributed by atoms with Crippen molar-refractivity contribution in [3.8, 4) is 11.5 Å². The van der Waals surface area contributed by atoms with Gasteiger partial charge in [0.15, 0.2) is 0 Å². The maximum absolute atomic E-state index is 6.87. The third kappa shape index (κ3) is 10.8. The van der Waals surface area contributed by atoms with Crippen LogP contribution in [0.5, 0.6) is 11.5 Å². The van der Waals surface area contributed by atoms with E-state index in [0.29, 0.717) is 0 Å². The van der Waals surface area contributed by atoms with Gasteiger partial charge in [-0.3, -0.25) is 0 Å². The zero-order chi connectivity index (χ0) is 27.1. The number of benzene rings is 1. The van der Waals surface area contributed by atoms with E-state index in [4.69, 9.17) is 9.47 Å². The highest BCUT2D eigenvalue weighted by molar-refractivity contribution is 6.89. The molecule has 0 bridgehead atoms. The molecule has 1 rings (SSSR count). The van der Waals surface area contributed by atoms with E-state index >= 15 is 0 Å². The summed E-state index contributed by atoms with van der Waals surface area (Å²) in [6, 6.07) is 0. The van der Waals surface area contributed by atoms with Crippen molar-refractivity contribution >= 4 is 55.9 Å². The molecule has 2 nitrogen and oxygen atoms in total. The number of hydrogen-bond donors (Lipinski definition) is 0. The van der Waals surface area contributed by atoms with Crippen LogP contribution in [0.15, 0.2) is 0 Å². The van der Waals surface area contributed by atoms with Crippen molar-refractivity contribution in [2.24, 2.45) is 0 Å². The highest BCUT2D eigenvalue weighted by atomic mass is 28.3. The summed E-state index contributed by atoms with van der Waals surface area (Å²) in [6.07, 6.45) is 15.8. The van der Waals surface area contributed by atoms with Crippen LogP contribution >= 0.6 is 0 Å². The first kappa shape index (κ1) is 33.7. The molecule has 1 aromatic rings. The Bertz CT molecular complexity index is 630. The van der Waals surface area contributed by atoms with Crippen LogP contribution in [-0.2, 0) is 0 Å². The van der Waals surface area contributed by atoms with Gasteiger partial charge < -0.3 is 9.47 Å². The molecule has 210 valence electrons. The maximum Gasteiger partial charge on any atom is 0.117 e. The molecule has 0 aliphatic heterocycles. The van der Waals surface area contributed by atoms with Crippen LogP contribution in [0.4, 0.5) is 0 Å². The zero-order valence-electron chi connectivity index (χ0n) is 26.0. The lowest BCUT2D eigenvalue weighted by molar-refractivity contribution is 0.303. The molecule has 0 aliphatic carbocycles. The third-order valence-corrected chi connectivity index (χ3v) is 14.9. The predicted molar refractivity (Wildman–Crippen MR) is 178 cm³/mol. The summed E-state index contributed by atoms with van der Waals surface area (Å²) in [6.45, 7) is 26.5. The quantitative estimate of drug-likeness (QED) is 0.144. The van der Waals surface area contributed by atoms with Gasteiger partial charge in [0.1, 0.15) is 11.5 Å². The van der Waals surface area contributed by atoms with Gasteiger partial charge >= 0.3 is 0 Å². The normalized spacial score (nSPS) is 11.9. The van der Waals surface area contributed by atoms with Crippen LogP contribution in [0.2, 0.25) is 52.4 Å². The van der Waals surface area contributed by atoms with Crippen LogP contribution in [0.25, 0.3) is 0 Å². The Labute approximate surface area is 232 Å². The molecule has 0 aromatic heterocycles. The van der Waals surface area contributed by atoms with E-state index < -0.39 is 35.2 Å². The number of unbranched alkanes of at least 4 members (excludes halogenated alkanes) is 10. The van der Waals surface area contributed by atoms with Crippen molar-refractivity contribution in [1.82, 2.24) is 0 Å². The van der Waals surface area contributed by atoms with Gasteiger partial charge in [0.2, 0.25) is 0 Å². The molecule has 0 aliphatic rings. The van der Waals surface area contributed by atoms with Crippen molar-refractivity contribution in [3.05, 3.63) is 0 Å². The van der Waals surface area contributed by atoms with E-state index in [1.165, 1.54) is 88.5 Å². The van der Waals surface area contributed by atoms with E-state index in [-0.39, 0.29) is 0 Å². The second-order valence-corrected chi connectivity index (χ2v) is 23.7. The van der Waals surface area contributed by atoms with Crippen molar-refractivity contribution < 1.29 is 9.47 Å². The van der Waals surface area contributed by atoms with Crippen LogP contribution in [0.3, 0.4) is 0 Å². The van der Waals surface area contributed by atoms with Crippen molar-refractivity contribution in [3.63, 3.8) is 0 Å². The zero-order valence-corrected chi connectivity index (χ0v) is 30.6. The van der Waals surface area contributed by atoms with Gasteiger partial charge in [0, 0.05) is 0 Å². The average Bonchev–Trinajstić information content (AvgIpc) is 2.81. The average molecular weight is 567 g/mol. The van der Waals surface area contributed by atoms with Crippen LogP contribution in [0.1, 0.15) is 90.9 Å². The Morgan fingerprint density at radius 2 is 0.639 bits per heavy atom. The third-order valence-electron chi connectivity index (χ3n) is 7.36. The molecule has 0 unspecified atom stereocenters. The van der Waals surface area contributed by atoms with Crippen molar-refractivity contribution in [2.45, 2.75) is 143 Å². The van der Waals surface area contributed by atoms with Gasteiger partial charge in [-0.1, -0.05) is 130 Å². The fourth-order valence-corrected chi connectivity index (χ4v) is 15.9. The molecule has 0 heterocycles. The highest BCUT2D eigenvalue weighted by Crippen LogP contribution is 2.18. The maximum atomic E-state index is 6.87. The molecule has 36 heavy (non-hydrogen) atoms. The molecule has 0 saturated carbocycles.